The number of ether oxygens (including phenoxy) is 1. The zero-order valence-electron chi connectivity index (χ0n) is 10.9. The summed E-state index contributed by atoms with van der Waals surface area (Å²) in [7, 11) is -3.92. The molecular weight excluding hydrogens is 339 g/mol. The summed E-state index contributed by atoms with van der Waals surface area (Å²) in [6, 6.07) is 2.30. The number of carbonyl (C=O) groups is 1. The number of nitrogens with one attached hydrogen (secondary N) is 1. The van der Waals surface area contributed by atoms with Gasteiger partial charge >= 0.3 is 0 Å². The van der Waals surface area contributed by atoms with Crippen molar-refractivity contribution in [2.45, 2.75) is 17.7 Å². The topological polar surface area (TPSA) is 98.5 Å². The van der Waals surface area contributed by atoms with Crippen LogP contribution in [-0.4, -0.2) is 27.5 Å². The third kappa shape index (κ3) is 4.08. The summed E-state index contributed by atoms with van der Waals surface area (Å²) in [6.07, 6.45) is 1.53. The Balaban J connectivity index is 2.22. The summed E-state index contributed by atoms with van der Waals surface area (Å²) >= 11 is 11.9. The molecule has 1 amide bonds. The van der Waals surface area contributed by atoms with E-state index in [1.54, 1.807) is 0 Å². The van der Waals surface area contributed by atoms with Gasteiger partial charge in [-0.15, -0.1) is 0 Å². The number of primary sulfonamides is 1. The number of benzene rings is 1. The van der Waals surface area contributed by atoms with Crippen molar-refractivity contribution in [3.8, 4) is 0 Å². The molecule has 1 saturated heterocycles. The van der Waals surface area contributed by atoms with Crippen molar-refractivity contribution in [3.05, 3.63) is 22.2 Å². The maximum atomic E-state index is 12.1. The van der Waals surface area contributed by atoms with Gasteiger partial charge in [0.15, 0.2) is 0 Å². The lowest BCUT2D eigenvalue weighted by Gasteiger charge is -2.22. The van der Waals surface area contributed by atoms with Crippen LogP contribution in [0.15, 0.2) is 17.0 Å². The molecule has 1 aromatic rings. The van der Waals surface area contributed by atoms with Gasteiger partial charge in [-0.1, -0.05) is 23.2 Å². The van der Waals surface area contributed by atoms with Crippen LogP contribution in [0.3, 0.4) is 0 Å². The van der Waals surface area contributed by atoms with Crippen molar-refractivity contribution in [3.63, 3.8) is 0 Å². The lowest BCUT2D eigenvalue weighted by molar-refractivity contribution is -0.123. The van der Waals surface area contributed by atoms with Crippen LogP contribution in [0.4, 0.5) is 5.69 Å². The van der Waals surface area contributed by atoms with Gasteiger partial charge in [0.1, 0.15) is 0 Å². The normalized spacial score (nSPS) is 19.3. The van der Waals surface area contributed by atoms with E-state index in [2.05, 4.69) is 5.32 Å². The average molecular weight is 353 g/mol. The van der Waals surface area contributed by atoms with Crippen molar-refractivity contribution in [1.82, 2.24) is 0 Å². The monoisotopic (exact) mass is 352 g/mol. The Morgan fingerprint density at radius 1 is 1.33 bits per heavy atom. The number of nitrogens with two attached hydrogens (primary N) is 1. The smallest absolute Gasteiger partial charge is 0.238 e. The molecule has 1 unspecified atom stereocenters. The predicted molar refractivity (Wildman–Crippen MR) is 80.0 cm³/mol. The molecule has 3 N–H and O–H groups in total. The summed E-state index contributed by atoms with van der Waals surface area (Å²) in [6.45, 7) is 0.991. The molecule has 1 atom stereocenters. The summed E-state index contributed by atoms with van der Waals surface area (Å²) < 4.78 is 27.8. The summed E-state index contributed by atoms with van der Waals surface area (Å²) in [5, 5.41) is 7.64. The molecule has 1 aliphatic heterocycles. The fourth-order valence-electron chi connectivity index (χ4n) is 2.01. The first-order valence-electron chi connectivity index (χ1n) is 6.19. The van der Waals surface area contributed by atoms with E-state index < -0.39 is 10.0 Å². The van der Waals surface area contributed by atoms with Gasteiger partial charge in [0.05, 0.1) is 33.2 Å². The fourth-order valence-corrected chi connectivity index (χ4v) is 3.28. The number of carbonyl (C=O) groups excluding carboxylic acids is 1. The molecule has 0 radical (unpaired) electrons. The van der Waals surface area contributed by atoms with Crippen molar-refractivity contribution in [2.75, 3.05) is 18.5 Å². The van der Waals surface area contributed by atoms with Gasteiger partial charge in [0.2, 0.25) is 15.9 Å². The Morgan fingerprint density at radius 3 is 2.43 bits per heavy atom. The second-order valence-corrected chi connectivity index (χ2v) is 7.09. The Morgan fingerprint density at radius 2 is 1.95 bits per heavy atom. The molecule has 2 rings (SSSR count). The fraction of sp³-hybridized carbons (Fsp3) is 0.417. The standard InChI is InChI=1S/C12H14Cl2N2O4S/c13-9-4-8(21(15,18)19)5-10(14)11(9)16-12(17)7-2-1-3-20-6-7/h4-5,7H,1-3,6H2,(H,16,17)(H2,15,18,19). The van der Waals surface area contributed by atoms with Crippen molar-refractivity contribution in [2.24, 2.45) is 11.1 Å². The molecule has 0 saturated carbocycles. The van der Waals surface area contributed by atoms with Gasteiger partial charge in [-0.25, -0.2) is 13.6 Å². The molecule has 1 aliphatic rings. The number of hydrogen-bond acceptors (Lipinski definition) is 4. The summed E-state index contributed by atoms with van der Waals surface area (Å²) in [4.78, 5) is 11.9. The number of amides is 1. The molecule has 0 aliphatic carbocycles. The van der Waals surface area contributed by atoms with E-state index in [-0.39, 0.29) is 32.5 Å². The third-order valence-corrected chi connectivity index (χ3v) is 4.61. The van der Waals surface area contributed by atoms with Crippen LogP contribution in [0, 0.1) is 5.92 Å². The summed E-state index contributed by atoms with van der Waals surface area (Å²) in [5.41, 5.74) is 0.168. The van der Waals surface area contributed by atoms with Crippen LogP contribution < -0.4 is 10.5 Å². The van der Waals surface area contributed by atoms with Gasteiger partial charge in [-0.3, -0.25) is 4.79 Å². The number of sulfonamides is 1. The Labute approximate surface area is 132 Å². The lowest BCUT2D eigenvalue weighted by atomic mass is 10.0. The van der Waals surface area contributed by atoms with E-state index in [0.717, 1.165) is 25.0 Å². The predicted octanol–water partition coefficient (Wildman–Crippen LogP) is 2.01. The van der Waals surface area contributed by atoms with Crippen LogP contribution in [0.5, 0.6) is 0 Å². The Hall–Kier alpha value is -0.860. The van der Waals surface area contributed by atoms with Gasteiger partial charge in [0, 0.05) is 6.61 Å². The molecule has 21 heavy (non-hydrogen) atoms. The van der Waals surface area contributed by atoms with Crippen LogP contribution >= 0.6 is 23.2 Å². The number of rotatable bonds is 3. The Kier molecular flexibility index (Phi) is 5.11. The van der Waals surface area contributed by atoms with E-state index in [0.29, 0.717) is 13.2 Å². The van der Waals surface area contributed by atoms with Crippen LogP contribution in [0.2, 0.25) is 10.0 Å². The molecule has 0 bridgehead atoms. The van der Waals surface area contributed by atoms with Crippen molar-refractivity contribution in [1.29, 1.82) is 0 Å². The van der Waals surface area contributed by atoms with Gasteiger partial charge in [-0.2, -0.15) is 0 Å². The zero-order chi connectivity index (χ0) is 15.6. The molecule has 6 nitrogen and oxygen atoms in total. The van der Waals surface area contributed by atoms with E-state index in [4.69, 9.17) is 33.1 Å². The maximum absolute atomic E-state index is 12.1. The SMILES string of the molecule is NS(=O)(=O)c1cc(Cl)c(NC(=O)C2CCCOC2)c(Cl)c1. The van der Waals surface area contributed by atoms with Crippen LogP contribution in [0.25, 0.3) is 0 Å². The number of halogens is 2. The molecule has 9 heteroatoms. The minimum Gasteiger partial charge on any atom is -0.381 e. The maximum Gasteiger partial charge on any atom is 0.238 e. The first-order chi connectivity index (χ1) is 9.79. The van der Waals surface area contributed by atoms with Gasteiger partial charge < -0.3 is 10.1 Å². The van der Waals surface area contributed by atoms with Crippen LogP contribution in [0.1, 0.15) is 12.8 Å². The molecule has 116 valence electrons. The molecular formula is C12H14Cl2N2O4S. The Bertz CT molecular complexity index is 634. The van der Waals surface area contributed by atoms with E-state index >= 15 is 0 Å². The zero-order valence-corrected chi connectivity index (χ0v) is 13.3. The highest BCUT2D eigenvalue weighted by Crippen LogP contribution is 2.33. The third-order valence-electron chi connectivity index (χ3n) is 3.12. The minimum atomic E-state index is -3.92. The van der Waals surface area contributed by atoms with E-state index in [1.807, 2.05) is 0 Å². The highest BCUT2D eigenvalue weighted by atomic mass is 35.5. The molecule has 1 heterocycles. The van der Waals surface area contributed by atoms with Gasteiger partial charge in [-0.05, 0) is 25.0 Å². The van der Waals surface area contributed by atoms with Crippen LogP contribution in [-0.2, 0) is 19.6 Å². The summed E-state index contributed by atoms with van der Waals surface area (Å²) in [5.74, 6) is -0.536. The number of hydrogen-bond donors (Lipinski definition) is 2. The van der Waals surface area contributed by atoms with Crippen molar-refractivity contribution < 1.29 is 17.9 Å². The average Bonchev–Trinajstić information content (AvgIpc) is 2.42. The second-order valence-electron chi connectivity index (χ2n) is 4.71. The van der Waals surface area contributed by atoms with Gasteiger partial charge in [0.25, 0.3) is 0 Å². The highest BCUT2D eigenvalue weighted by Gasteiger charge is 2.24. The van der Waals surface area contributed by atoms with E-state index in [1.165, 1.54) is 0 Å². The largest absolute Gasteiger partial charge is 0.381 e. The number of anilines is 1. The quantitative estimate of drug-likeness (QED) is 0.868. The minimum absolute atomic E-state index is 0.0107. The second kappa shape index (κ2) is 6.50. The van der Waals surface area contributed by atoms with E-state index in [9.17, 15) is 13.2 Å². The highest BCUT2D eigenvalue weighted by molar-refractivity contribution is 7.89. The molecule has 1 aromatic carbocycles. The molecule has 0 spiro atoms. The molecule has 0 aromatic heterocycles. The first kappa shape index (κ1) is 16.5. The molecule has 1 fully saturated rings. The first-order valence-corrected chi connectivity index (χ1v) is 8.49. The lowest BCUT2D eigenvalue weighted by Crippen LogP contribution is -2.30. The van der Waals surface area contributed by atoms with Crippen molar-refractivity contribution >= 4 is 44.8 Å².